The van der Waals surface area contributed by atoms with E-state index in [1.54, 1.807) is 32.2 Å². The van der Waals surface area contributed by atoms with E-state index in [0.717, 1.165) is 11.5 Å². The Morgan fingerprint density at radius 2 is 1.68 bits per heavy atom. The molecule has 0 aliphatic carbocycles. The summed E-state index contributed by atoms with van der Waals surface area (Å²) < 4.78 is 10.1. The Bertz CT molecular complexity index is 1280. The van der Waals surface area contributed by atoms with Crippen LogP contribution >= 0.6 is 0 Å². The van der Waals surface area contributed by atoms with Gasteiger partial charge in [0.25, 0.3) is 0 Å². The molecule has 0 bridgehead atoms. The van der Waals surface area contributed by atoms with Crippen LogP contribution in [0.5, 0.6) is 11.8 Å². The van der Waals surface area contributed by atoms with Crippen molar-refractivity contribution in [2.45, 2.75) is 66.0 Å². The van der Waals surface area contributed by atoms with Gasteiger partial charge in [-0.05, 0) is 49.6 Å². The van der Waals surface area contributed by atoms with Crippen molar-refractivity contribution in [2.24, 2.45) is 5.92 Å². The maximum atomic E-state index is 9.74. The van der Waals surface area contributed by atoms with Gasteiger partial charge in [0.15, 0.2) is 0 Å². The molecule has 12 nitrogen and oxygen atoms in total. The number of rotatable bonds is 11. The Labute approximate surface area is 233 Å². The van der Waals surface area contributed by atoms with E-state index in [1.807, 2.05) is 6.07 Å². The van der Waals surface area contributed by atoms with Gasteiger partial charge in [0.05, 0.1) is 29.8 Å². The van der Waals surface area contributed by atoms with Gasteiger partial charge >= 0.3 is 11.9 Å². The van der Waals surface area contributed by atoms with Crippen LogP contribution in [0.3, 0.4) is 0 Å². The predicted molar refractivity (Wildman–Crippen MR) is 150 cm³/mol. The molecule has 0 amide bonds. The smallest absolute Gasteiger partial charge is 0.410 e. The van der Waals surface area contributed by atoms with Gasteiger partial charge < -0.3 is 45.7 Å². The third-order valence-electron chi connectivity index (χ3n) is 5.73. The van der Waals surface area contributed by atoms with Crippen LogP contribution in [-0.2, 0) is 6.54 Å². The summed E-state index contributed by atoms with van der Waals surface area (Å²) in [5, 5.41) is 58.4. The maximum Gasteiger partial charge on any atom is 0.410 e. The largest absolute Gasteiger partial charge is 0.481 e. The van der Waals surface area contributed by atoms with Crippen LogP contribution in [-0.4, -0.2) is 65.3 Å². The molecule has 3 aromatic heterocycles. The Kier molecular flexibility index (Phi) is 11.5. The summed E-state index contributed by atoms with van der Waals surface area (Å²) >= 11 is 0. The number of hydrogen-bond acceptors (Lipinski definition) is 12. The summed E-state index contributed by atoms with van der Waals surface area (Å²) in [5.41, 5.74) is 2.96. The number of anilines is 1. The quantitative estimate of drug-likeness (QED) is 0.135. The first-order valence-electron chi connectivity index (χ1n) is 12.8. The lowest BCUT2D eigenvalue weighted by Crippen LogP contribution is -2.58. The van der Waals surface area contributed by atoms with E-state index >= 15 is 0 Å². The van der Waals surface area contributed by atoms with Crippen LogP contribution in [0, 0.1) is 18.3 Å². The molecule has 3 rings (SSSR count). The molecule has 0 aromatic carbocycles. The minimum Gasteiger partial charge on any atom is -0.481 e. The number of pyridine rings is 3. The maximum absolute atomic E-state index is 9.74. The normalized spacial score (nSPS) is 11.5. The van der Waals surface area contributed by atoms with Gasteiger partial charge in [-0.25, -0.2) is 15.0 Å². The SMILES string of the molecule is CCCC(C)C.COc1ncccc1CNc1cc(-c2cccnc2OC(O)(O)C(O)(O)O)nc(C(C)=N)c1C. The predicted octanol–water partition coefficient (Wildman–Crippen LogP) is 2.95. The highest BCUT2D eigenvalue weighted by Gasteiger charge is 2.50. The number of aliphatic hydroxyl groups is 5. The van der Waals surface area contributed by atoms with Crippen molar-refractivity contribution in [3.05, 3.63) is 59.5 Å². The molecular formula is C28H39N5O7. The molecule has 0 fully saturated rings. The summed E-state index contributed by atoms with van der Waals surface area (Å²) in [5.74, 6) is -6.89. The summed E-state index contributed by atoms with van der Waals surface area (Å²) in [6.07, 6.45) is 5.58. The minimum absolute atomic E-state index is 0.128. The molecule has 218 valence electrons. The topological polar surface area (TPSA) is 194 Å². The molecule has 0 radical (unpaired) electrons. The standard InChI is InChI=1S/C22H25N5O7.C6H14/c1-12-16(26-11-14-6-4-8-24-19(14)33-3)10-17(27-18(12)13(2)23)15-7-5-9-25-20(15)34-22(31,32)21(28,29)30;1-4-5-6(2)3/h4-10,23,28-32H,11H2,1-3H3,(H,26,27);6H,4-5H2,1-3H3. The van der Waals surface area contributed by atoms with Crippen LogP contribution in [0.25, 0.3) is 11.3 Å². The third kappa shape index (κ3) is 8.66. The number of hydrogen-bond donors (Lipinski definition) is 7. The van der Waals surface area contributed by atoms with Gasteiger partial charge in [0, 0.05) is 30.2 Å². The van der Waals surface area contributed by atoms with E-state index in [1.165, 1.54) is 38.3 Å². The minimum atomic E-state index is -3.99. The zero-order valence-electron chi connectivity index (χ0n) is 23.6. The van der Waals surface area contributed by atoms with E-state index in [-0.39, 0.29) is 17.0 Å². The Morgan fingerprint density at radius 3 is 2.20 bits per heavy atom. The fourth-order valence-corrected chi connectivity index (χ4v) is 3.68. The first kappa shape index (κ1) is 32.5. The lowest BCUT2D eigenvalue weighted by molar-refractivity contribution is -0.502. The Hall–Kier alpha value is -3.68. The Morgan fingerprint density at radius 1 is 1.05 bits per heavy atom. The Balaban J connectivity index is 0.000000840. The van der Waals surface area contributed by atoms with Crippen LogP contribution in [0.4, 0.5) is 5.69 Å². The lowest BCUT2D eigenvalue weighted by atomic mass is 10.1. The molecule has 0 aliphatic rings. The van der Waals surface area contributed by atoms with Crippen LogP contribution in [0.2, 0.25) is 0 Å². The van der Waals surface area contributed by atoms with Crippen molar-refractivity contribution >= 4 is 11.4 Å². The number of nitrogens with zero attached hydrogens (tertiary/aromatic N) is 3. The average molecular weight is 558 g/mol. The van der Waals surface area contributed by atoms with Crippen molar-refractivity contribution in [3.63, 3.8) is 0 Å². The summed E-state index contributed by atoms with van der Waals surface area (Å²) in [7, 11) is 1.52. The van der Waals surface area contributed by atoms with E-state index < -0.39 is 17.8 Å². The highest BCUT2D eigenvalue weighted by molar-refractivity contribution is 5.97. The zero-order chi connectivity index (χ0) is 30.1. The molecule has 0 aliphatic heterocycles. The van der Waals surface area contributed by atoms with E-state index in [4.69, 9.17) is 14.9 Å². The van der Waals surface area contributed by atoms with E-state index in [9.17, 15) is 25.5 Å². The molecule has 7 N–H and O–H groups in total. The van der Waals surface area contributed by atoms with Crippen LogP contribution < -0.4 is 14.8 Å². The second-order valence-electron chi connectivity index (χ2n) is 9.56. The number of aromatic nitrogens is 3. The summed E-state index contributed by atoms with van der Waals surface area (Å²) in [4.78, 5) is 12.5. The van der Waals surface area contributed by atoms with Gasteiger partial charge in [-0.15, -0.1) is 0 Å². The third-order valence-corrected chi connectivity index (χ3v) is 5.73. The lowest BCUT2D eigenvalue weighted by Gasteiger charge is -2.29. The van der Waals surface area contributed by atoms with Gasteiger partial charge in [0.2, 0.25) is 11.8 Å². The molecule has 0 spiro atoms. The molecule has 0 saturated heterocycles. The van der Waals surface area contributed by atoms with Crippen LogP contribution in [0.15, 0.2) is 42.7 Å². The van der Waals surface area contributed by atoms with Crippen molar-refractivity contribution in [1.29, 1.82) is 5.41 Å². The van der Waals surface area contributed by atoms with Gasteiger partial charge in [-0.2, -0.15) is 0 Å². The summed E-state index contributed by atoms with van der Waals surface area (Å²) in [6.45, 7) is 10.4. The van der Waals surface area contributed by atoms with Crippen molar-refractivity contribution in [2.75, 3.05) is 12.4 Å². The second kappa shape index (κ2) is 14.1. The highest BCUT2D eigenvalue weighted by atomic mass is 16.8. The van der Waals surface area contributed by atoms with Crippen molar-refractivity contribution in [1.82, 2.24) is 15.0 Å². The first-order chi connectivity index (χ1) is 18.7. The highest BCUT2D eigenvalue weighted by Crippen LogP contribution is 2.33. The van der Waals surface area contributed by atoms with E-state index in [2.05, 4.69) is 41.0 Å². The van der Waals surface area contributed by atoms with Crippen LogP contribution in [0.1, 0.15) is 57.4 Å². The fourth-order valence-electron chi connectivity index (χ4n) is 3.68. The number of ether oxygens (including phenoxy) is 2. The van der Waals surface area contributed by atoms with Gasteiger partial charge in [-0.1, -0.05) is 39.7 Å². The average Bonchev–Trinajstić information content (AvgIpc) is 2.88. The first-order valence-corrected chi connectivity index (χ1v) is 12.8. The molecule has 12 heteroatoms. The zero-order valence-corrected chi connectivity index (χ0v) is 23.6. The van der Waals surface area contributed by atoms with Crippen molar-refractivity contribution < 1.29 is 35.0 Å². The van der Waals surface area contributed by atoms with Gasteiger partial charge in [-0.3, -0.25) is 0 Å². The van der Waals surface area contributed by atoms with E-state index in [0.29, 0.717) is 29.4 Å². The molecule has 40 heavy (non-hydrogen) atoms. The molecule has 3 heterocycles. The number of nitrogens with one attached hydrogen (secondary N) is 2. The molecule has 0 atom stereocenters. The number of methoxy groups -OCH3 is 1. The molecule has 0 saturated carbocycles. The monoisotopic (exact) mass is 557 g/mol. The second-order valence-corrected chi connectivity index (χ2v) is 9.56. The summed E-state index contributed by atoms with van der Waals surface area (Å²) in [6, 6.07) is 8.26. The molecular weight excluding hydrogens is 518 g/mol. The van der Waals surface area contributed by atoms with Gasteiger partial charge in [0.1, 0.15) is 0 Å². The van der Waals surface area contributed by atoms with Crippen molar-refractivity contribution in [3.8, 4) is 23.0 Å². The molecule has 3 aromatic rings. The molecule has 0 unspecified atom stereocenters. The fraction of sp³-hybridized carbons (Fsp3) is 0.429.